The first-order valence-corrected chi connectivity index (χ1v) is 7.57. The third kappa shape index (κ3) is 3.73. The second-order valence-electron chi connectivity index (χ2n) is 5.82. The second kappa shape index (κ2) is 6.89. The van der Waals surface area contributed by atoms with E-state index in [1.165, 1.54) is 0 Å². The Bertz CT molecular complexity index is 502. The van der Waals surface area contributed by atoms with Gasteiger partial charge in [-0.05, 0) is 30.9 Å². The van der Waals surface area contributed by atoms with Crippen LogP contribution in [0.5, 0.6) is 0 Å². The molecule has 0 bridgehead atoms. The number of hydrogen-bond donors (Lipinski definition) is 1. The molecule has 1 fully saturated rings. The zero-order valence-corrected chi connectivity index (χ0v) is 13.3. The summed E-state index contributed by atoms with van der Waals surface area (Å²) in [5, 5.41) is 3.03. The number of nitrogens with one attached hydrogen (secondary N) is 1. The highest BCUT2D eigenvalue weighted by Crippen LogP contribution is 2.21. The maximum absolute atomic E-state index is 12.7. The number of carbonyl (C=O) groups excluding carboxylic acids is 1. The van der Waals surface area contributed by atoms with Gasteiger partial charge in [-0.25, -0.2) is 4.98 Å². The summed E-state index contributed by atoms with van der Waals surface area (Å²) in [6.07, 6.45) is 2.17. The number of ether oxygens (including phenoxy) is 1. The third-order valence-electron chi connectivity index (χ3n) is 3.94. The first kappa shape index (κ1) is 15.8. The van der Waals surface area contributed by atoms with Crippen molar-refractivity contribution in [3.8, 4) is 0 Å². The Morgan fingerprint density at radius 2 is 2.24 bits per heavy atom. The van der Waals surface area contributed by atoms with E-state index < -0.39 is 0 Å². The maximum atomic E-state index is 12.7. The van der Waals surface area contributed by atoms with Crippen molar-refractivity contribution in [2.45, 2.75) is 38.7 Å². The molecule has 0 spiro atoms. The molecule has 0 aliphatic carbocycles. The summed E-state index contributed by atoms with van der Waals surface area (Å²) in [7, 11) is 3.53. The van der Waals surface area contributed by atoms with Crippen LogP contribution in [0.25, 0.3) is 0 Å². The van der Waals surface area contributed by atoms with Crippen molar-refractivity contribution in [3.05, 3.63) is 23.4 Å². The standard InChI is InChI=1S/C16H25N3O2/c1-11(2)14-8-12(9-15(17-3)18-14)16(20)19-7-5-6-13(10-19)21-4/h8-9,11,13H,5-7,10H2,1-4H3,(H,17,18). The first-order chi connectivity index (χ1) is 10.0. The molecule has 1 amide bonds. The highest BCUT2D eigenvalue weighted by Gasteiger charge is 2.25. The summed E-state index contributed by atoms with van der Waals surface area (Å²) in [6.45, 7) is 5.63. The number of nitrogens with zero attached hydrogens (tertiary/aromatic N) is 2. The summed E-state index contributed by atoms with van der Waals surface area (Å²) in [4.78, 5) is 19.1. The zero-order valence-electron chi connectivity index (χ0n) is 13.3. The molecule has 1 aliphatic rings. The summed E-state index contributed by atoms with van der Waals surface area (Å²) >= 11 is 0. The fourth-order valence-electron chi connectivity index (χ4n) is 2.60. The molecule has 5 nitrogen and oxygen atoms in total. The Hall–Kier alpha value is -1.62. The minimum absolute atomic E-state index is 0.0672. The fourth-order valence-corrected chi connectivity index (χ4v) is 2.60. The van der Waals surface area contributed by atoms with Crippen LogP contribution in [0.1, 0.15) is 48.7 Å². The number of rotatable bonds is 4. The summed E-state index contributed by atoms with van der Waals surface area (Å²) in [5.41, 5.74) is 1.64. The van der Waals surface area contributed by atoms with Gasteiger partial charge >= 0.3 is 0 Å². The van der Waals surface area contributed by atoms with E-state index in [0.717, 1.165) is 30.9 Å². The topological polar surface area (TPSA) is 54.5 Å². The molecule has 1 atom stereocenters. The quantitative estimate of drug-likeness (QED) is 0.926. The number of pyridine rings is 1. The molecule has 0 aromatic carbocycles. The van der Waals surface area contributed by atoms with Crippen LogP contribution in [0.3, 0.4) is 0 Å². The lowest BCUT2D eigenvalue weighted by atomic mass is 10.0. The molecule has 2 heterocycles. The molecule has 1 saturated heterocycles. The Kier molecular flexibility index (Phi) is 5.17. The van der Waals surface area contributed by atoms with Gasteiger partial charge in [-0.3, -0.25) is 4.79 Å². The van der Waals surface area contributed by atoms with Gasteiger partial charge in [-0.1, -0.05) is 13.8 Å². The maximum Gasteiger partial charge on any atom is 0.254 e. The smallest absolute Gasteiger partial charge is 0.254 e. The van der Waals surface area contributed by atoms with Gasteiger partial charge in [0.1, 0.15) is 5.82 Å². The average molecular weight is 291 g/mol. The highest BCUT2D eigenvalue weighted by molar-refractivity contribution is 5.95. The molecule has 1 N–H and O–H groups in total. The summed E-state index contributed by atoms with van der Waals surface area (Å²) in [5.74, 6) is 1.10. The van der Waals surface area contributed by atoms with Crippen molar-refractivity contribution in [3.63, 3.8) is 0 Å². The van der Waals surface area contributed by atoms with E-state index in [2.05, 4.69) is 24.1 Å². The molecule has 5 heteroatoms. The molecule has 0 saturated carbocycles. The van der Waals surface area contributed by atoms with Crippen molar-refractivity contribution >= 4 is 11.7 Å². The number of methoxy groups -OCH3 is 1. The van der Waals surface area contributed by atoms with Crippen LogP contribution in [0.4, 0.5) is 5.82 Å². The number of likely N-dealkylation sites (tertiary alicyclic amines) is 1. The number of piperidine rings is 1. The van der Waals surface area contributed by atoms with Crippen LogP contribution in [0.15, 0.2) is 12.1 Å². The molecular formula is C16H25N3O2. The molecule has 0 radical (unpaired) electrons. The summed E-state index contributed by atoms with van der Waals surface area (Å²) in [6, 6.07) is 3.73. The van der Waals surface area contributed by atoms with Gasteiger partial charge in [0, 0.05) is 38.5 Å². The normalized spacial score (nSPS) is 18.9. The number of anilines is 1. The van der Waals surface area contributed by atoms with Crippen LogP contribution >= 0.6 is 0 Å². The Labute approximate surface area is 126 Å². The molecule has 116 valence electrons. The van der Waals surface area contributed by atoms with Gasteiger partial charge < -0.3 is 15.0 Å². The van der Waals surface area contributed by atoms with E-state index in [1.54, 1.807) is 7.11 Å². The van der Waals surface area contributed by atoms with E-state index >= 15 is 0 Å². The first-order valence-electron chi connectivity index (χ1n) is 7.57. The number of amides is 1. The van der Waals surface area contributed by atoms with Crippen molar-refractivity contribution in [2.75, 3.05) is 32.6 Å². The number of carbonyl (C=O) groups is 1. The van der Waals surface area contributed by atoms with Gasteiger partial charge in [0.25, 0.3) is 5.91 Å². The average Bonchev–Trinajstić information content (AvgIpc) is 2.53. The molecular weight excluding hydrogens is 266 g/mol. The highest BCUT2D eigenvalue weighted by atomic mass is 16.5. The Morgan fingerprint density at radius 3 is 2.86 bits per heavy atom. The molecule has 1 aromatic heterocycles. The van der Waals surface area contributed by atoms with Crippen LogP contribution in [0.2, 0.25) is 0 Å². The molecule has 1 aliphatic heterocycles. The number of hydrogen-bond acceptors (Lipinski definition) is 4. The van der Waals surface area contributed by atoms with Crippen molar-refractivity contribution < 1.29 is 9.53 Å². The van der Waals surface area contributed by atoms with Gasteiger partial charge in [-0.15, -0.1) is 0 Å². The fraction of sp³-hybridized carbons (Fsp3) is 0.625. The van der Waals surface area contributed by atoms with Gasteiger partial charge in [-0.2, -0.15) is 0 Å². The molecule has 1 aromatic rings. The molecule has 21 heavy (non-hydrogen) atoms. The lowest BCUT2D eigenvalue weighted by Crippen LogP contribution is -2.43. The van der Waals surface area contributed by atoms with E-state index in [1.807, 2.05) is 24.1 Å². The Morgan fingerprint density at radius 1 is 1.48 bits per heavy atom. The monoisotopic (exact) mass is 291 g/mol. The largest absolute Gasteiger partial charge is 0.380 e. The second-order valence-corrected chi connectivity index (χ2v) is 5.82. The minimum Gasteiger partial charge on any atom is -0.380 e. The van der Waals surface area contributed by atoms with Gasteiger partial charge in [0.05, 0.1) is 6.10 Å². The van der Waals surface area contributed by atoms with E-state index in [4.69, 9.17) is 4.74 Å². The van der Waals surface area contributed by atoms with Crippen LogP contribution in [-0.2, 0) is 4.74 Å². The zero-order chi connectivity index (χ0) is 15.4. The molecule has 2 rings (SSSR count). The van der Waals surface area contributed by atoms with E-state index in [0.29, 0.717) is 12.1 Å². The van der Waals surface area contributed by atoms with Crippen molar-refractivity contribution in [1.82, 2.24) is 9.88 Å². The third-order valence-corrected chi connectivity index (χ3v) is 3.94. The minimum atomic E-state index is 0.0672. The van der Waals surface area contributed by atoms with Crippen molar-refractivity contribution in [1.29, 1.82) is 0 Å². The van der Waals surface area contributed by atoms with E-state index in [-0.39, 0.29) is 17.9 Å². The lowest BCUT2D eigenvalue weighted by Gasteiger charge is -2.32. The Balaban J connectivity index is 2.23. The van der Waals surface area contributed by atoms with E-state index in [9.17, 15) is 4.79 Å². The lowest BCUT2D eigenvalue weighted by molar-refractivity contribution is 0.0269. The van der Waals surface area contributed by atoms with Crippen LogP contribution in [-0.4, -0.2) is 49.1 Å². The van der Waals surface area contributed by atoms with Gasteiger partial charge in [0.15, 0.2) is 0 Å². The summed E-state index contributed by atoms with van der Waals surface area (Å²) < 4.78 is 5.40. The SMILES string of the molecule is CNc1cc(C(=O)N2CCCC(OC)C2)cc(C(C)C)n1. The van der Waals surface area contributed by atoms with Crippen LogP contribution in [0, 0.1) is 0 Å². The molecule has 1 unspecified atom stereocenters. The van der Waals surface area contributed by atoms with Gasteiger partial charge in [0.2, 0.25) is 0 Å². The predicted octanol–water partition coefficient (Wildman–Crippen LogP) is 2.50. The predicted molar refractivity (Wildman–Crippen MR) is 83.8 cm³/mol. The number of aromatic nitrogens is 1. The van der Waals surface area contributed by atoms with Crippen LogP contribution < -0.4 is 5.32 Å². The van der Waals surface area contributed by atoms with Crippen molar-refractivity contribution in [2.24, 2.45) is 0 Å².